The van der Waals surface area contributed by atoms with Crippen LogP contribution in [0.3, 0.4) is 0 Å². The Morgan fingerprint density at radius 3 is 2.73 bits per heavy atom. The van der Waals surface area contributed by atoms with Gasteiger partial charge in [0, 0.05) is 12.0 Å². The molecule has 1 atom stereocenters. The molecule has 4 heteroatoms. The second kappa shape index (κ2) is 11.0. The summed E-state index contributed by atoms with van der Waals surface area (Å²) in [5.41, 5.74) is 5.67. The molecule has 0 saturated carbocycles. The lowest BCUT2D eigenvalue weighted by Crippen LogP contribution is -2.13. The zero-order chi connectivity index (χ0) is 16.2. The average molecular weight is 322 g/mol. The first-order chi connectivity index (χ1) is 10.6. The van der Waals surface area contributed by atoms with Gasteiger partial charge in [-0.15, -0.1) is 23.9 Å². The molecule has 3 nitrogen and oxygen atoms in total. The summed E-state index contributed by atoms with van der Waals surface area (Å²) < 4.78 is 5.61. The van der Waals surface area contributed by atoms with Gasteiger partial charge < -0.3 is 10.5 Å². The standard InChI is InChI=1S/C18H24ClNO2/c1-2-3-4-5-6-7-8-11-16(19)14-22-17-12-9-10-15(13-17)18(20)21/h1,9-10,12-13,16H,3-8,11,14H2,(H2,20,21). The SMILES string of the molecule is C#CCCCCCCCC(Cl)COc1cccc(C(N)=O)c1. The number of ether oxygens (including phenoxy) is 1. The molecule has 0 heterocycles. The summed E-state index contributed by atoms with van der Waals surface area (Å²) in [7, 11) is 0. The fraction of sp³-hybridized carbons (Fsp3) is 0.500. The quantitative estimate of drug-likeness (QED) is 0.378. The number of unbranched alkanes of at least 4 members (excludes halogenated alkanes) is 5. The number of halogens is 1. The lowest BCUT2D eigenvalue weighted by molar-refractivity contribution is 0.1000. The van der Waals surface area contributed by atoms with Crippen LogP contribution in [0.25, 0.3) is 0 Å². The minimum absolute atomic E-state index is 0.0251. The number of benzene rings is 1. The summed E-state index contributed by atoms with van der Waals surface area (Å²) in [5.74, 6) is 2.81. The third-order valence-corrected chi connectivity index (χ3v) is 3.73. The van der Waals surface area contributed by atoms with Crippen molar-refractivity contribution in [2.45, 2.75) is 50.3 Å². The summed E-state index contributed by atoms with van der Waals surface area (Å²) in [6.45, 7) is 0.431. The first-order valence-corrected chi connectivity index (χ1v) is 8.17. The zero-order valence-electron chi connectivity index (χ0n) is 12.9. The molecule has 2 N–H and O–H groups in total. The normalized spacial score (nSPS) is 11.6. The number of hydrogen-bond donors (Lipinski definition) is 1. The fourth-order valence-electron chi connectivity index (χ4n) is 2.13. The number of primary amides is 1. The smallest absolute Gasteiger partial charge is 0.248 e. The number of carbonyl (C=O) groups is 1. The molecule has 1 aromatic carbocycles. The maximum absolute atomic E-state index is 11.1. The predicted octanol–water partition coefficient (Wildman–Crippen LogP) is 4.14. The second-order valence-corrected chi connectivity index (χ2v) is 5.93. The molecule has 1 amide bonds. The maximum Gasteiger partial charge on any atom is 0.248 e. The van der Waals surface area contributed by atoms with E-state index in [0.29, 0.717) is 17.9 Å². The van der Waals surface area contributed by atoms with Gasteiger partial charge in [0.05, 0.1) is 5.38 Å². The molecule has 120 valence electrons. The fourth-order valence-corrected chi connectivity index (χ4v) is 2.35. The predicted molar refractivity (Wildman–Crippen MR) is 91.2 cm³/mol. The Kier molecular flexibility index (Phi) is 9.18. The van der Waals surface area contributed by atoms with E-state index in [1.54, 1.807) is 24.3 Å². The van der Waals surface area contributed by atoms with Crippen LogP contribution in [0.4, 0.5) is 0 Å². The van der Waals surface area contributed by atoms with Crippen molar-refractivity contribution in [2.75, 3.05) is 6.61 Å². The first kappa shape index (κ1) is 18.4. The van der Waals surface area contributed by atoms with Crippen LogP contribution in [0.5, 0.6) is 5.75 Å². The van der Waals surface area contributed by atoms with E-state index in [1.807, 2.05) is 0 Å². The molecule has 0 saturated heterocycles. The minimum atomic E-state index is -0.460. The van der Waals surface area contributed by atoms with Gasteiger partial charge in [0.15, 0.2) is 0 Å². The summed E-state index contributed by atoms with van der Waals surface area (Å²) in [6.07, 6.45) is 12.8. The molecule has 0 fully saturated rings. The first-order valence-electron chi connectivity index (χ1n) is 7.73. The molecule has 0 aromatic heterocycles. The van der Waals surface area contributed by atoms with Gasteiger partial charge in [-0.3, -0.25) is 4.79 Å². The van der Waals surface area contributed by atoms with E-state index >= 15 is 0 Å². The van der Waals surface area contributed by atoms with E-state index in [1.165, 1.54) is 19.3 Å². The maximum atomic E-state index is 11.1. The van der Waals surface area contributed by atoms with Crippen LogP contribution >= 0.6 is 11.6 Å². The van der Waals surface area contributed by atoms with Crippen molar-refractivity contribution in [3.8, 4) is 18.1 Å². The number of carbonyl (C=O) groups excluding carboxylic acids is 1. The highest BCUT2D eigenvalue weighted by Crippen LogP contribution is 2.16. The largest absolute Gasteiger partial charge is 0.492 e. The van der Waals surface area contributed by atoms with Gasteiger partial charge in [0.25, 0.3) is 0 Å². The van der Waals surface area contributed by atoms with Crippen molar-refractivity contribution in [3.05, 3.63) is 29.8 Å². The van der Waals surface area contributed by atoms with Gasteiger partial charge in [0.2, 0.25) is 5.91 Å². The van der Waals surface area contributed by atoms with E-state index < -0.39 is 5.91 Å². The number of nitrogens with two attached hydrogens (primary N) is 1. The molecule has 0 aliphatic carbocycles. The summed E-state index contributed by atoms with van der Waals surface area (Å²) in [6, 6.07) is 6.83. The lowest BCUT2D eigenvalue weighted by atomic mass is 10.1. The zero-order valence-corrected chi connectivity index (χ0v) is 13.6. The summed E-state index contributed by atoms with van der Waals surface area (Å²) in [5, 5.41) is -0.0251. The Bertz CT molecular complexity index is 496. The van der Waals surface area contributed by atoms with E-state index in [2.05, 4.69) is 5.92 Å². The molecule has 0 radical (unpaired) electrons. The number of terminal acetylenes is 1. The van der Waals surface area contributed by atoms with E-state index in [-0.39, 0.29) is 5.38 Å². The van der Waals surface area contributed by atoms with Gasteiger partial charge >= 0.3 is 0 Å². The van der Waals surface area contributed by atoms with Gasteiger partial charge in [-0.1, -0.05) is 31.7 Å². The van der Waals surface area contributed by atoms with Crippen LogP contribution in [-0.2, 0) is 0 Å². The summed E-state index contributed by atoms with van der Waals surface area (Å²) in [4.78, 5) is 11.1. The average Bonchev–Trinajstić information content (AvgIpc) is 2.52. The number of amides is 1. The third kappa shape index (κ3) is 7.95. The van der Waals surface area contributed by atoms with Crippen molar-refractivity contribution < 1.29 is 9.53 Å². The highest BCUT2D eigenvalue weighted by atomic mass is 35.5. The monoisotopic (exact) mass is 321 g/mol. The third-order valence-electron chi connectivity index (χ3n) is 3.39. The van der Waals surface area contributed by atoms with Crippen LogP contribution in [0.2, 0.25) is 0 Å². The van der Waals surface area contributed by atoms with Crippen LogP contribution in [0.1, 0.15) is 55.3 Å². The topological polar surface area (TPSA) is 52.3 Å². The van der Waals surface area contributed by atoms with Gasteiger partial charge in [-0.25, -0.2) is 0 Å². The Hall–Kier alpha value is -1.66. The number of hydrogen-bond acceptors (Lipinski definition) is 2. The second-order valence-electron chi connectivity index (χ2n) is 5.31. The molecular formula is C18H24ClNO2. The van der Waals surface area contributed by atoms with Gasteiger partial charge in [-0.2, -0.15) is 0 Å². The molecule has 1 aromatic rings. The van der Waals surface area contributed by atoms with Crippen molar-refractivity contribution in [2.24, 2.45) is 5.73 Å². The van der Waals surface area contributed by atoms with Crippen LogP contribution in [-0.4, -0.2) is 17.9 Å². The molecular weight excluding hydrogens is 298 g/mol. The van der Waals surface area contributed by atoms with Crippen molar-refractivity contribution in [1.82, 2.24) is 0 Å². The van der Waals surface area contributed by atoms with Crippen molar-refractivity contribution in [1.29, 1.82) is 0 Å². The van der Waals surface area contributed by atoms with Gasteiger partial charge in [-0.05, 0) is 31.0 Å². The Morgan fingerprint density at radius 2 is 2.00 bits per heavy atom. The van der Waals surface area contributed by atoms with Crippen molar-refractivity contribution in [3.63, 3.8) is 0 Å². The molecule has 1 unspecified atom stereocenters. The number of alkyl halides is 1. The van der Waals surface area contributed by atoms with Crippen molar-refractivity contribution >= 4 is 17.5 Å². The minimum Gasteiger partial charge on any atom is -0.492 e. The highest BCUT2D eigenvalue weighted by molar-refractivity contribution is 6.20. The highest BCUT2D eigenvalue weighted by Gasteiger charge is 2.07. The molecule has 0 aliphatic heterocycles. The van der Waals surface area contributed by atoms with Crippen LogP contribution < -0.4 is 10.5 Å². The van der Waals surface area contributed by atoms with Crippen LogP contribution in [0.15, 0.2) is 24.3 Å². The molecule has 0 spiro atoms. The van der Waals surface area contributed by atoms with E-state index in [4.69, 9.17) is 28.5 Å². The Morgan fingerprint density at radius 1 is 1.27 bits per heavy atom. The summed E-state index contributed by atoms with van der Waals surface area (Å²) >= 11 is 6.25. The van der Waals surface area contributed by atoms with Crippen LogP contribution in [0, 0.1) is 12.3 Å². The Labute approximate surface area is 138 Å². The lowest BCUT2D eigenvalue weighted by Gasteiger charge is -2.12. The van der Waals surface area contributed by atoms with E-state index in [9.17, 15) is 4.79 Å². The molecule has 22 heavy (non-hydrogen) atoms. The molecule has 1 rings (SSSR count). The van der Waals surface area contributed by atoms with E-state index in [0.717, 1.165) is 25.7 Å². The number of rotatable bonds is 11. The van der Waals surface area contributed by atoms with Gasteiger partial charge in [0.1, 0.15) is 12.4 Å². The molecule has 0 bridgehead atoms. The molecule has 0 aliphatic rings. The Balaban J connectivity index is 2.15.